The number of aryl methyl sites for hydroxylation is 2. The second-order valence-corrected chi connectivity index (χ2v) is 5.42. The number of rotatable bonds is 6. The highest BCUT2D eigenvalue weighted by atomic mass is 32.1. The summed E-state index contributed by atoms with van der Waals surface area (Å²) in [5, 5.41) is 11.6. The molecule has 0 aliphatic heterocycles. The first-order valence-electron chi connectivity index (χ1n) is 6.45. The molecule has 0 unspecified atom stereocenters. The molecule has 2 aromatic heterocycles. The van der Waals surface area contributed by atoms with Crippen LogP contribution in [0.5, 0.6) is 0 Å². The lowest BCUT2D eigenvalue weighted by Gasteiger charge is -2.05. The van der Waals surface area contributed by atoms with Crippen molar-refractivity contribution in [3.8, 4) is 6.07 Å². The first-order chi connectivity index (χ1) is 9.70. The number of carbonyl (C=O) groups is 1. The van der Waals surface area contributed by atoms with Crippen molar-refractivity contribution in [1.82, 2.24) is 9.97 Å². The van der Waals surface area contributed by atoms with Crippen molar-refractivity contribution in [2.24, 2.45) is 0 Å². The molecule has 20 heavy (non-hydrogen) atoms. The SMILES string of the molecule is Cc1csc([C@H](C#N)C(=O)CCCc2ccccn2)n1. The number of thiazole rings is 1. The van der Waals surface area contributed by atoms with Crippen molar-refractivity contribution >= 4 is 17.1 Å². The minimum absolute atomic E-state index is 0.0576. The highest BCUT2D eigenvalue weighted by Gasteiger charge is 2.22. The van der Waals surface area contributed by atoms with Gasteiger partial charge in [0.2, 0.25) is 0 Å². The van der Waals surface area contributed by atoms with E-state index in [4.69, 9.17) is 5.26 Å². The summed E-state index contributed by atoms with van der Waals surface area (Å²) in [6.07, 6.45) is 3.58. The Hall–Kier alpha value is -2.06. The molecular formula is C15H15N3OS. The van der Waals surface area contributed by atoms with Crippen molar-refractivity contribution in [1.29, 1.82) is 5.26 Å². The minimum atomic E-state index is -0.725. The summed E-state index contributed by atoms with van der Waals surface area (Å²) < 4.78 is 0. The predicted octanol–water partition coefficient (Wildman–Crippen LogP) is 3.05. The number of hydrogen-bond acceptors (Lipinski definition) is 5. The quantitative estimate of drug-likeness (QED) is 0.818. The van der Waals surface area contributed by atoms with Crippen LogP contribution in [0.4, 0.5) is 0 Å². The van der Waals surface area contributed by atoms with Gasteiger partial charge in [-0.3, -0.25) is 9.78 Å². The fourth-order valence-electron chi connectivity index (χ4n) is 1.90. The topological polar surface area (TPSA) is 66.6 Å². The van der Waals surface area contributed by atoms with E-state index in [9.17, 15) is 4.79 Å². The van der Waals surface area contributed by atoms with Crippen LogP contribution in [-0.2, 0) is 11.2 Å². The molecule has 0 amide bonds. The van der Waals surface area contributed by atoms with Gasteiger partial charge in [0.1, 0.15) is 5.01 Å². The summed E-state index contributed by atoms with van der Waals surface area (Å²) in [4.78, 5) is 20.5. The molecule has 0 radical (unpaired) electrons. The summed E-state index contributed by atoms with van der Waals surface area (Å²) in [6.45, 7) is 1.86. The third-order valence-corrected chi connectivity index (χ3v) is 3.94. The van der Waals surface area contributed by atoms with Crippen LogP contribution >= 0.6 is 11.3 Å². The number of aromatic nitrogens is 2. The third kappa shape index (κ3) is 3.72. The van der Waals surface area contributed by atoms with E-state index in [2.05, 4.69) is 16.0 Å². The van der Waals surface area contributed by atoms with E-state index in [-0.39, 0.29) is 5.78 Å². The molecule has 0 fully saturated rings. The smallest absolute Gasteiger partial charge is 0.156 e. The van der Waals surface area contributed by atoms with E-state index in [1.165, 1.54) is 11.3 Å². The molecule has 0 spiro atoms. The summed E-state index contributed by atoms with van der Waals surface area (Å²) in [6, 6.07) is 7.80. The van der Waals surface area contributed by atoms with E-state index in [0.717, 1.165) is 17.8 Å². The standard InChI is InChI=1S/C15H15N3OS/c1-11-10-20-15(18-11)13(9-16)14(19)7-4-6-12-5-2-3-8-17-12/h2-3,5,8,10,13H,4,6-7H2,1H3/t13-/m1/s1. The fraction of sp³-hybridized carbons (Fsp3) is 0.333. The van der Waals surface area contributed by atoms with Crippen LogP contribution in [0.1, 0.15) is 35.2 Å². The van der Waals surface area contributed by atoms with Crippen molar-refractivity contribution < 1.29 is 4.79 Å². The van der Waals surface area contributed by atoms with Crippen molar-refractivity contribution in [2.45, 2.75) is 32.1 Å². The lowest BCUT2D eigenvalue weighted by Crippen LogP contribution is -2.11. The van der Waals surface area contributed by atoms with Crippen LogP contribution < -0.4 is 0 Å². The molecule has 102 valence electrons. The largest absolute Gasteiger partial charge is 0.298 e. The summed E-state index contributed by atoms with van der Waals surface area (Å²) in [7, 11) is 0. The number of carbonyl (C=O) groups excluding carboxylic acids is 1. The Bertz CT molecular complexity index is 616. The van der Waals surface area contributed by atoms with Crippen LogP contribution in [0.15, 0.2) is 29.8 Å². The molecule has 0 N–H and O–H groups in total. The van der Waals surface area contributed by atoms with Crippen LogP contribution in [0.3, 0.4) is 0 Å². The van der Waals surface area contributed by atoms with Crippen LogP contribution in [0, 0.1) is 18.3 Å². The fourth-order valence-corrected chi connectivity index (χ4v) is 2.76. The van der Waals surface area contributed by atoms with Crippen LogP contribution in [-0.4, -0.2) is 15.8 Å². The van der Waals surface area contributed by atoms with Gasteiger partial charge in [0.15, 0.2) is 11.7 Å². The molecule has 0 bridgehead atoms. The maximum absolute atomic E-state index is 12.1. The number of hydrogen-bond donors (Lipinski definition) is 0. The Morgan fingerprint density at radius 2 is 2.35 bits per heavy atom. The zero-order valence-corrected chi connectivity index (χ0v) is 12.1. The lowest BCUT2D eigenvalue weighted by atomic mass is 10.0. The summed E-state index contributed by atoms with van der Waals surface area (Å²) >= 11 is 1.37. The first-order valence-corrected chi connectivity index (χ1v) is 7.33. The zero-order valence-electron chi connectivity index (χ0n) is 11.2. The van der Waals surface area contributed by atoms with Crippen LogP contribution in [0.2, 0.25) is 0 Å². The zero-order chi connectivity index (χ0) is 14.4. The Morgan fingerprint density at radius 3 is 2.95 bits per heavy atom. The Kier molecular flexibility index (Phi) is 4.97. The number of ketones is 1. The van der Waals surface area contributed by atoms with Gasteiger partial charge in [-0.1, -0.05) is 6.07 Å². The van der Waals surface area contributed by atoms with Gasteiger partial charge in [0.25, 0.3) is 0 Å². The van der Waals surface area contributed by atoms with Gasteiger partial charge in [-0.25, -0.2) is 4.98 Å². The van der Waals surface area contributed by atoms with Gasteiger partial charge in [-0.15, -0.1) is 11.3 Å². The number of nitrogens with zero attached hydrogens (tertiary/aromatic N) is 3. The Labute approximate surface area is 122 Å². The maximum Gasteiger partial charge on any atom is 0.156 e. The Morgan fingerprint density at radius 1 is 1.50 bits per heavy atom. The molecule has 0 aliphatic carbocycles. The summed E-state index contributed by atoms with van der Waals surface area (Å²) in [5.41, 5.74) is 1.82. The first kappa shape index (κ1) is 14.4. The van der Waals surface area contributed by atoms with Gasteiger partial charge in [-0.2, -0.15) is 5.26 Å². The highest BCUT2D eigenvalue weighted by Crippen LogP contribution is 2.22. The van der Waals surface area contributed by atoms with Crippen molar-refractivity contribution in [2.75, 3.05) is 0 Å². The van der Waals surface area contributed by atoms with Gasteiger partial charge in [-0.05, 0) is 31.9 Å². The molecule has 2 rings (SSSR count). The van der Waals surface area contributed by atoms with Gasteiger partial charge in [0.05, 0.1) is 6.07 Å². The van der Waals surface area contributed by atoms with E-state index in [1.54, 1.807) is 6.20 Å². The number of Topliss-reactive ketones (excluding diaryl/α,β-unsaturated/α-hetero) is 1. The van der Waals surface area contributed by atoms with Gasteiger partial charge < -0.3 is 0 Å². The van der Waals surface area contributed by atoms with E-state index in [0.29, 0.717) is 17.8 Å². The highest BCUT2D eigenvalue weighted by molar-refractivity contribution is 7.09. The van der Waals surface area contributed by atoms with Crippen LogP contribution in [0.25, 0.3) is 0 Å². The molecule has 0 saturated carbocycles. The molecular weight excluding hydrogens is 270 g/mol. The number of pyridine rings is 1. The van der Waals surface area contributed by atoms with E-state index in [1.807, 2.05) is 30.5 Å². The second kappa shape index (κ2) is 6.92. The molecule has 2 aromatic rings. The second-order valence-electron chi connectivity index (χ2n) is 4.53. The van der Waals surface area contributed by atoms with Crippen molar-refractivity contribution in [3.05, 3.63) is 46.2 Å². The number of nitriles is 1. The minimum Gasteiger partial charge on any atom is -0.298 e. The normalized spacial score (nSPS) is 11.8. The maximum atomic E-state index is 12.1. The molecule has 0 saturated heterocycles. The summed E-state index contributed by atoms with van der Waals surface area (Å²) in [5.74, 6) is -0.782. The molecule has 1 atom stereocenters. The van der Waals surface area contributed by atoms with Crippen molar-refractivity contribution in [3.63, 3.8) is 0 Å². The van der Waals surface area contributed by atoms with Gasteiger partial charge >= 0.3 is 0 Å². The molecule has 5 heteroatoms. The molecule has 0 aromatic carbocycles. The van der Waals surface area contributed by atoms with E-state index >= 15 is 0 Å². The third-order valence-electron chi connectivity index (χ3n) is 2.92. The predicted molar refractivity (Wildman–Crippen MR) is 77.4 cm³/mol. The van der Waals surface area contributed by atoms with Gasteiger partial charge in [0, 0.05) is 29.4 Å². The molecule has 4 nitrogen and oxygen atoms in total. The average Bonchev–Trinajstić information content (AvgIpc) is 2.87. The molecule has 0 aliphatic rings. The monoisotopic (exact) mass is 285 g/mol. The average molecular weight is 285 g/mol. The Balaban J connectivity index is 1.89. The molecule has 2 heterocycles. The van der Waals surface area contributed by atoms with E-state index < -0.39 is 5.92 Å². The lowest BCUT2D eigenvalue weighted by molar-refractivity contribution is -0.119.